The summed E-state index contributed by atoms with van der Waals surface area (Å²) in [5.41, 5.74) is 1.85. The van der Waals surface area contributed by atoms with Crippen molar-refractivity contribution in [2.24, 2.45) is 0 Å². The molecular formula is C18H12ClN5O3S. The Hall–Kier alpha value is -3.30. The molecule has 0 radical (unpaired) electrons. The lowest BCUT2D eigenvalue weighted by molar-refractivity contribution is -0.384. The molecule has 8 nitrogen and oxygen atoms in total. The van der Waals surface area contributed by atoms with Crippen LogP contribution in [0.25, 0.3) is 21.5 Å². The van der Waals surface area contributed by atoms with Crippen LogP contribution in [0.4, 0.5) is 17.2 Å². The van der Waals surface area contributed by atoms with E-state index in [-0.39, 0.29) is 5.69 Å². The number of hydrogen-bond donors (Lipinski definition) is 1. The number of nitrogens with zero attached hydrogens (tertiary/aromatic N) is 4. The van der Waals surface area contributed by atoms with Crippen LogP contribution in [-0.4, -0.2) is 27.0 Å². The first-order valence-electron chi connectivity index (χ1n) is 8.01. The number of thiazole rings is 1. The molecule has 0 aliphatic rings. The van der Waals surface area contributed by atoms with Crippen LogP contribution in [0, 0.1) is 10.1 Å². The molecule has 28 heavy (non-hydrogen) atoms. The van der Waals surface area contributed by atoms with Gasteiger partial charge < -0.3 is 10.1 Å². The Morgan fingerprint density at radius 3 is 2.79 bits per heavy atom. The van der Waals surface area contributed by atoms with Crippen LogP contribution in [0.5, 0.6) is 5.75 Å². The molecule has 0 saturated heterocycles. The van der Waals surface area contributed by atoms with E-state index in [1.165, 1.54) is 36.9 Å². The van der Waals surface area contributed by atoms with Gasteiger partial charge in [-0.3, -0.25) is 10.1 Å². The first-order chi connectivity index (χ1) is 13.6. The average Bonchev–Trinajstić information content (AvgIpc) is 3.22. The second-order valence-corrected chi connectivity index (χ2v) is 6.92. The first kappa shape index (κ1) is 18.1. The van der Waals surface area contributed by atoms with Crippen LogP contribution in [0.2, 0.25) is 5.02 Å². The SMILES string of the molecule is COc1c(Nc2ncnc3ccc([N+](=O)[O-])cc23)ccc(-c2nccs2)c1Cl. The molecule has 0 aliphatic heterocycles. The van der Waals surface area contributed by atoms with Gasteiger partial charge in [-0.15, -0.1) is 11.3 Å². The number of ether oxygens (including phenoxy) is 1. The molecule has 2 aromatic carbocycles. The highest BCUT2D eigenvalue weighted by Gasteiger charge is 2.17. The minimum absolute atomic E-state index is 0.0468. The fraction of sp³-hybridized carbons (Fsp3) is 0.0556. The molecule has 1 N–H and O–H groups in total. The molecule has 0 bridgehead atoms. The van der Waals surface area contributed by atoms with Crippen molar-refractivity contribution in [3.63, 3.8) is 0 Å². The number of nitrogens with one attached hydrogen (secondary N) is 1. The zero-order valence-electron chi connectivity index (χ0n) is 14.4. The van der Waals surface area contributed by atoms with E-state index in [0.717, 1.165) is 10.6 Å². The summed E-state index contributed by atoms with van der Waals surface area (Å²) in [6.07, 6.45) is 3.09. The summed E-state index contributed by atoms with van der Waals surface area (Å²) in [5.74, 6) is 0.830. The quantitative estimate of drug-likeness (QED) is 0.360. The summed E-state index contributed by atoms with van der Waals surface area (Å²) in [6.45, 7) is 0. The molecule has 0 saturated carbocycles. The molecule has 2 heterocycles. The number of rotatable bonds is 5. The molecule has 2 aromatic heterocycles. The van der Waals surface area contributed by atoms with Gasteiger partial charge in [0.2, 0.25) is 0 Å². The van der Waals surface area contributed by atoms with Crippen molar-refractivity contribution in [1.29, 1.82) is 0 Å². The van der Waals surface area contributed by atoms with E-state index >= 15 is 0 Å². The number of benzene rings is 2. The first-order valence-corrected chi connectivity index (χ1v) is 9.27. The number of aromatic nitrogens is 3. The van der Waals surface area contributed by atoms with Gasteiger partial charge in [0.1, 0.15) is 17.2 Å². The van der Waals surface area contributed by atoms with Gasteiger partial charge in [-0.2, -0.15) is 0 Å². The van der Waals surface area contributed by atoms with E-state index in [1.54, 1.807) is 18.3 Å². The van der Waals surface area contributed by atoms with Gasteiger partial charge in [0.25, 0.3) is 5.69 Å². The van der Waals surface area contributed by atoms with Crippen molar-refractivity contribution in [2.75, 3.05) is 12.4 Å². The van der Waals surface area contributed by atoms with Crippen molar-refractivity contribution < 1.29 is 9.66 Å². The van der Waals surface area contributed by atoms with Crippen molar-refractivity contribution in [3.8, 4) is 16.3 Å². The lowest BCUT2D eigenvalue weighted by atomic mass is 10.1. The van der Waals surface area contributed by atoms with Crippen LogP contribution >= 0.6 is 22.9 Å². The van der Waals surface area contributed by atoms with Crippen LogP contribution < -0.4 is 10.1 Å². The zero-order chi connectivity index (χ0) is 19.7. The molecule has 10 heteroatoms. The number of nitro benzene ring substituents is 1. The summed E-state index contributed by atoms with van der Waals surface area (Å²) in [4.78, 5) is 23.3. The summed E-state index contributed by atoms with van der Waals surface area (Å²) >= 11 is 8.01. The minimum atomic E-state index is -0.462. The van der Waals surface area contributed by atoms with E-state index in [2.05, 4.69) is 20.3 Å². The normalized spacial score (nSPS) is 10.8. The molecular weight excluding hydrogens is 402 g/mol. The monoisotopic (exact) mass is 413 g/mol. The van der Waals surface area contributed by atoms with Gasteiger partial charge in [-0.05, 0) is 18.2 Å². The van der Waals surface area contributed by atoms with Gasteiger partial charge >= 0.3 is 0 Å². The molecule has 0 aliphatic carbocycles. The molecule has 140 valence electrons. The Morgan fingerprint density at radius 2 is 2.07 bits per heavy atom. The van der Waals surface area contributed by atoms with E-state index in [9.17, 15) is 10.1 Å². The highest BCUT2D eigenvalue weighted by Crippen LogP contribution is 2.42. The van der Waals surface area contributed by atoms with Crippen molar-refractivity contribution in [2.45, 2.75) is 0 Å². The van der Waals surface area contributed by atoms with Gasteiger partial charge in [-0.25, -0.2) is 15.0 Å². The third kappa shape index (κ3) is 3.21. The number of anilines is 2. The molecule has 4 rings (SSSR count). The van der Waals surface area contributed by atoms with Gasteiger partial charge in [0.15, 0.2) is 5.75 Å². The maximum Gasteiger partial charge on any atom is 0.270 e. The van der Waals surface area contributed by atoms with Crippen LogP contribution in [0.1, 0.15) is 0 Å². The predicted molar refractivity (Wildman–Crippen MR) is 109 cm³/mol. The second kappa shape index (κ2) is 7.37. The fourth-order valence-corrected chi connectivity index (χ4v) is 3.82. The van der Waals surface area contributed by atoms with Crippen molar-refractivity contribution >= 4 is 51.0 Å². The number of fused-ring (bicyclic) bond motifs is 1. The van der Waals surface area contributed by atoms with Crippen molar-refractivity contribution in [3.05, 3.63) is 63.4 Å². The highest BCUT2D eigenvalue weighted by molar-refractivity contribution is 7.13. The number of nitro groups is 1. The summed E-state index contributed by atoms with van der Waals surface area (Å²) in [6, 6.07) is 8.04. The van der Waals surface area contributed by atoms with E-state index in [0.29, 0.717) is 33.2 Å². The Bertz CT molecular complexity index is 1180. The highest BCUT2D eigenvalue weighted by atomic mass is 35.5. The number of methoxy groups -OCH3 is 1. The van der Waals surface area contributed by atoms with E-state index < -0.39 is 4.92 Å². The van der Waals surface area contributed by atoms with Crippen LogP contribution in [-0.2, 0) is 0 Å². The summed E-state index contributed by atoms with van der Waals surface area (Å²) in [5, 5.41) is 17.8. The Morgan fingerprint density at radius 1 is 1.21 bits per heavy atom. The Balaban J connectivity index is 1.80. The molecule has 0 atom stereocenters. The topological polar surface area (TPSA) is 103 Å². The fourth-order valence-electron chi connectivity index (χ4n) is 2.76. The maximum atomic E-state index is 11.1. The number of non-ortho nitro benzene ring substituents is 1. The molecule has 0 unspecified atom stereocenters. The van der Waals surface area contributed by atoms with Gasteiger partial charge in [-0.1, -0.05) is 11.6 Å². The molecule has 0 amide bonds. The lowest BCUT2D eigenvalue weighted by Gasteiger charge is -2.15. The van der Waals surface area contributed by atoms with Crippen LogP contribution in [0.3, 0.4) is 0 Å². The largest absolute Gasteiger partial charge is 0.493 e. The molecule has 0 fully saturated rings. The standard InChI is InChI=1S/C18H12ClN5O3S/c1-27-16-14(5-3-11(15(16)19)18-20-6-7-28-18)23-17-12-8-10(24(25)26)2-4-13(12)21-9-22-17/h2-9H,1H3,(H,21,22,23). The minimum Gasteiger partial charge on any atom is -0.493 e. The third-order valence-corrected chi connectivity index (χ3v) is 5.23. The number of halogens is 1. The van der Waals surface area contributed by atoms with Gasteiger partial charge in [0, 0.05) is 34.7 Å². The smallest absolute Gasteiger partial charge is 0.270 e. The van der Waals surface area contributed by atoms with E-state index in [1.807, 2.05) is 11.4 Å². The zero-order valence-corrected chi connectivity index (χ0v) is 16.0. The summed E-state index contributed by atoms with van der Waals surface area (Å²) < 4.78 is 5.49. The van der Waals surface area contributed by atoms with Crippen molar-refractivity contribution in [1.82, 2.24) is 15.0 Å². The van der Waals surface area contributed by atoms with E-state index in [4.69, 9.17) is 16.3 Å². The summed E-state index contributed by atoms with van der Waals surface area (Å²) in [7, 11) is 1.51. The average molecular weight is 414 g/mol. The number of hydrogen-bond acceptors (Lipinski definition) is 8. The maximum absolute atomic E-state index is 11.1. The molecule has 0 spiro atoms. The lowest BCUT2D eigenvalue weighted by Crippen LogP contribution is -2.00. The molecule has 4 aromatic rings. The van der Waals surface area contributed by atoms with Gasteiger partial charge in [0.05, 0.1) is 28.3 Å². The van der Waals surface area contributed by atoms with Crippen LogP contribution in [0.15, 0.2) is 48.2 Å². The Labute approximate surface area is 168 Å². The predicted octanol–water partition coefficient (Wildman–Crippen LogP) is 5.07. The second-order valence-electron chi connectivity index (χ2n) is 5.65. The third-order valence-electron chi connectivity index (χ3n) is 4.05. The Kier molecular flexibility index (Phi) is 4.76.